The molecule has 15 heavy (non-hydrogen) atoms. The summed E-state index contributed by atoms with van der Waals surface area (Å²) in [7, 11) is 0. The largest absolute Gasteiger partial charge is 0.378 e. The highest BCUT2D eigenvalue weighted by Gasteiger charge is 2.13. The molecule has 0 bridgehead atoms. The Balaban J connectivity index is 2.92. The lowest BCUT2D eigenvalue weighted by molar-refractivity contribution is -0.384. The second kappa shape index (κ2) is 4.95. The van der Waals surface area contributed by atoms with Crippen LogP contribution in [-0.2, 0) is 0 Å². The number of halogens is 1. The zero-order valence-electron chi connectivity index (χ0n) is 8.24. The van der Waals surface area contributed by atoms with Gasteiger partial charge in [0.2, 0.25) is 0 Å². The quantitative estimate of drug-likeness (QED) is 0.611. The predicted molar refractivity (Wildman–Crippen MR) is 60.2 cm³/mol. The van der Waals surface area contributed by atoms with E-state index in [9.17, 15) is 10.1 Å². The topological polar surface area (TPSA) is 81.2 Å². The molecule has 0 amide bonds. The molecule has 0 heterocycles. The van der Waals surface area contributed by atoms with Crippen LogP contribution in [0.4, 0.5) is 11.4 Å². The summed E-state index contributed by atoms with van der Waals surface area (Å²) in [6.45, 7) is 2.27. The van der Waals surface area contributed by atoms with Crippen molar-refractivity contribution in [3.05, 3.63) is 33.3 Å². The van der Waals surface area contributed by atoms with Gasteiger partial charge in [0.25, 0.3) is 5.69 Å². The van der Waals surface area contributed by atoms with Gasteiger partial charge in [0.1, 0.15) is 5.69 Å². The second-order valence-corrected chi connectivity index (χ2v) is 3.71. The van der Waals surface area contributed by atoms with Gasteiger partial charge >= 0.3 is 0 Å². The van der Waals surface area contributed by atoms with Crippen LogP contribution in [0.15, 0.2) is 18.2 Å². The highest BCUT2D eigenvalue weighted by atomic mass is 35.5. The van der Waals surface area contributed by atoms with Gasteiger partial charge in [0.05, 0.1) is 4.92 Å². The first-order valence-electron chi connectivity index (χ1n) is 4.44. The van der Waals surface area contributed by atoms with Crippen molar-refractivity contribution in [3.63, 3.8) is 0 Å². The Hall–Kier alpha value is -1.33. The van der Waals surface area contributed by atoms with Crippen molar-refractivity contribution in [2.45, 2.75) is 13.0 Å². The van der Waals surface area contributed by atoms with E-state index >= 15 is 0 Å². The summed E-state index contributed by atoms with van der Waals surface area (Å²) in [6.07, 6.45) is 0. The zero-order chi connectivity index (χ0) is 11.4. The summed E-state index contributed by atoms with van der Waals surface area (Å²) in [5.41, 5.74) is 5.93. The number of benzene rings is 1. The summed E-state index contributed by atoms with van der Waals surface area (Å²) in [5, 5.41) is 14.0. The smallest absolute Gasteiger partial charge is 0.292 e. The molecule has 0 spiro atoms. The lowest BCUT2D eigenvalue weighted by atomic mass is 10.2. The van der Waals surface area contributed by atoms with Crippen LogP contribution in [0, 0.1) is 10.1 Å². The SMILES string of the molecule is CC(N)CNc1cc(Cl)ccc1[N+](=O)[O-]. The molecule has 1 aromatic rings. The fraction of sp³-hybridized carbons (Fsp3) is 0.333. The number of nitrogens with two attached hydrogens (primary N) is 1. The number of hydrogen-bond acceptors (Lipinski definition) is 4. The van der Waals surface area contributed by atoms with Crippen LogP contribution in [0.5, 0.6) is 0 Å². The van der Waals surface area contributed by atoms with Crippen molar-refractivity contribution >= 4 is 23.0 Å². The van der Waals surface area contributed by atoms with Crippen LogP contribution < -0.4 is 11.1 Å². The van der Waals surface area contributed by atoms with Gasteiger partial charge in [-0.1, -0.05) is 11.6 Å². The molecule has 6 heteroatoms. The minimum atomic E-state index is -0.458. The van der Waals surface area contributed by atoms with E-state index in [1.807, 2.05) is 6.92 Å². The average molecular weight is 230 g/mol. The first-order valence-corrected chi connectivity index (χ1v) is 4.82. The van der Waals surface area contributed by atoms with Crippen molar-refractivity contribution in [2.24, 2.45) is 5.73 Å². The minimum Gasteiger partial charge on any atom is -0.378 e. The number of nitro groups is 1. The maximum Gasteiger partial charge on any atom is 0.292 e. The summed E-state index contributed by atoms with van der Waals surface area (Å²) in [6, 6.07) is 4.29. The first kappa shape index (κ1) is 11.7. The molecular weight excluding hydrogens is 218 g/mol. The molecule has 1 aromatic carbocycles. The molecule has 0 aromatic heterocycles. The van der Waals surface area contributed by atoms with Crippen molar-refractivity contribution in [1.82, 2.24) is 0 Å². The Morgan fingerprint density at radius 2 is 2.33 bits per heavy atom. The van der Waals surface area contributed by atoms with E-state index in [4.69, 9.17) is 17.3 Å². The molecule has 1 unspecified atom stereocenters. The van der Waals surface area contributed by atoms with Crippen molar-refractivity contribution in [3.8, 4) is 0 Å². The lowest BCUT2D eigenvalue weighted by Gasteiger charge is -2.09. The minimum absolute atomic E-state index is 0.0000463. The van der Waals surface area contributed by atoms with Crippen LogP contribution in [0.2, 0.25) is 5.02 Å². The Morgan fingerprint density at radius 1 is 1.67 bits per heavy atom. The monoisotopic (exact) mass is 229 g/mol. The normalized spacial score (nSPS) is 12.2. The highest BCUT2D eigenvalue weighted by molar-refractivity contribution is 6.31. The molecule has 0 saturated heterocycles. The maximum atomic E-state index is 10.7. The third-order valence-electron chi connectivity index (χ3n) is 1.77. The molecular formula is C9H12ClN3O2. The predicted octanol–water partition coefficient (Wildman–Crippen LogP) is 2.01. The fourth-order valence-electron chi connectivity index (χ4n) is 1.08. The van der Waals surface area contributed by atoms with E-state index in [1.54, 1.807) is 0 Å². The van der Waals surface area contributed by atoms with Crippen molar-refractivity contribution < 1.29 is 4.92 Å². The molecule has 0 aliphatic heterocycles. The fourth-order valence-corrected chi connectivity index (χ4v) is 1.25. The van der Waals surface area contributed by atoms with E-state index in [1.165, 1.54) is 18.2 Å². The third-order valence-corrected chi connectivity index (χ3v) is 2.00. The number of rotatable bonds is 4. The van der Waals surface area contributed by atoms with E-state index in [2.05, 4.69) is 5.32 Å². The van der Waals surface area contributed by atoms with Gasteiger partial charge in [-0.05, 0) is 19.1 Å². The summed E-state index contributed by atoms with van der Waals surface area (Å²) in [5.74, 6) is 0. The van der Waals surface area contributed by atoms with Gasteiger partial charge in [-0.3, -0.25) is 10.1 Å². The van der Waals surface area contributed by atoms with Gasteiger partial charge in [0, 0.05) is 23.7 Å². The molecule has 0 aliphatic carbocycles. The molecule has 1 rings (SSSR count). The van der Waals surface area contributed by atoms with Gasteiger partial charge < -0.3 is 11.1 Å². The van der Waals surface area contributed by atoms with E-state index in [0.29, 0.717) is 17.3 Å². The van der Waals surface area contributed by atoms with E-state index in [0.717, 1.165) is 0 Å². The number of nitro benzene ring substituents is 1. The van der Waals surface area contributed by atoms with E-state index in [-0.39, 0.29) is 11.7 Å². The standard InChI is InChI=1S/C9H12ClN3O2/c1-6(11)5-12-8-4-7(10)2-3-9(8)13(14)15/h2-4,6,12H,5,11H2,1H3. The summed E-state index contributed by atoms with van der Waals surface area (Å²) < 4.78 is 0. The zero-order valence-corrected chi connectivity index (χ0v) is 8.99. The van der Waals surface area contributed by atoms with Crippen LogP contribution in [0.3, 0.4) is 0 Å². The van der Waals surface area contributed by atoms with Crippen molar-refractivity contribution in [1.29, 1.82) is 0 Å². The first-order chi connectivity index (χ1) is 7.00. The Bertz CT molecular complexity index is 368. The van der Waals surface area contributed by atoms with Gasteiger partial charge in [-0.2, -0.15) is 0 Å². The third kappa shape index (κ3) is 3.38. The van der Waals surface area contributed by atoms with Crippen LogP contribution >= 0.6 is 11.6 Å². The molecule has 3 N–H and O–H groups in total. The number of anilines is 1. The molecule has 1 atom stereocenters. The molecule has 5 nitrogen and oxygen atoms in total. The average Bonchev–Trinajstić information content (AvgIpc) is 2.14. The van der Waals surface area contributed by atoms with Crippen LogP contribution in [0.1, 0.15) is 6.92 Å². The van der Waals surface area contributed by atoms with Gasteiger partial charge in [0.15, 0.2) is 0 Å². The summed E-state index contributed by atoms with van der Waals surface area (Å²) in [4.78, 5) is 10.2. The van der Waals surface area contributed by atoms with Crippen molar-refractivity contribution in [2.75, 3.05) is 11.9 Å². The second-order valence-electron chi connectivity index (χ2n) is 3.28. The Labute approximate surface area is 92.4 Å². The highest BCUT2D eigenvalue weighted by Crippen LogP contribution is 2.27. The van der Waals surface area contributed by atoms with Gasteiger partial charge in [-0.15, -0.1) is 0 Å². The lowest BCUT2D eigenvalue weighted by Crippen LogP contribution is -2.25. The van der Waals surface area contributed by atoms with E-state index < -0.39 is 4.92 Å². The summed E-state index contributed by atoms with van der Waals surface area (Å²) >= 11 is 5.74. The number of nitrogens with one attached hydrogen (secondary N) is 1. The molecule has 82 valence electrons. The number of hydrogen-bond donors (Lipinski definition) is 2. The Morgan fingerprint density at radius 3 is 2.87 bits per heavy atom. The molecule has 0 fully saturated rings. The van der Waals surface area contributed by atoms with Gasteiger partial charge in [-0.25, -0.2) is 0 Å². The molecule has 0 saturated carbocycles. The molecule has 0 radical (unpaired) electrons. The maximum absolute atomic E-state index is 10.7. The Kier molecular flexibility index (Phi) is 3.88. The van der Waals surface area contributed by atoms with Crippen LogP contribution in [-0.4, -0.2) is 17.5 Å². The van der Waals surface area contributed by atoms with Crippen LogP contribution in [0.25, 0.3) is 0 Å². The molecule has 0 aliphatic rings. The number of nitrogens with zero attached hydrogens (tertiary/aromatic N) is 1.